The first-order valence-electron chi connectivity index (χ1n) is 6.46. The van der Waals surface area contributed by atoms with Crippen molar-refractivity contribution in [1.29, 1.82) is 0 Å². The van der Waals surface area contributed by atoms with Gasteiger partial charge in [0, 0.05) is 12.5 Å². The van der Waals surface area contributed by atoms with Crippen LogP contribution in [0.3, 0.4) is 0 Å². The molecule has 1 N–H and O–H groups in total. The van der Waals surface area contributed by atoms with Gasteiger partial charge in [-0.3, -0.25) is 4.79 Å². The smallest absolute Gasteiger partial charge is 0.335 e. The quantitative estimate of drug-likeness (QED) is 0.590. The minimum atomic E-state index is -0.965. The molecule has 1 heterocycles. The van der Waals surface area contributed by atoms with Crippen molar-refractivity contribution >= 4 is 33.5 Å². The fraction of sp³-hybridized carbons (Fsp3) is 0.0625. The van der Waals surface area contributed by atoms with Gasteiger partial charge >= 0.3 is 11.9 Å². The fourth-order valence-corrected chi connectivity index (χ4v) is 3.03. The maximum Gasteiger partial charge on any atom is 0.335 e. The van der Waals surface area contributed by atoms with E-state index in [0.29, 0.717) is 11.3 Å². The molecule has 3 rings (SSSR count). The van der Waals surface area contributed by atoms with E-state index in [-0.39, 0.29) is 5.56 Å². The molecule has 0 atom stereocenters. The topological polar surface area (TPSA) is 76.5 Å². The molecular formula is C16H11NO4S. The van der Waals surface area contributed by atoms with Crippen LogP contribution in [0.15, 0.2) is 42.5 Å². The molecule has 5 nitrogen and oxygen atoms in total. The highest BCUT2D eigenvalue weighted by Crippen LogP contribution is 2.34. The van der Waals surface area contributed by atoms with Crippen LogP contribution in [0.2, 0.25) is 0 Å². The van der Waals surface area contributed by atoms with Gasteiger partial charge < -0.3 is 9.84 Å². The standard InChI is InChI=1S/C16H11NO4S/c1-9(18)21-12-3-2-4-13-14(12)17-15(22-13)10-5-7-11(8-6-10)16(19)20/h2-8H,1H3,(H,19,20). The lowest BCUT2D eigenvalue weighted by Gasteiger charge is -2.00. The van der Waals surface area contributed by atoms with Crippen molar-refractivity contribution < 1.29 is 19.4 Å². The predicted molar refractivity (Wildman–Crippen MR) is 83.3 cm³/mol. The zero-order valence-corrected chi connectivity index (χ0v) is 12.4. The normalized spacial score (nSPS) is 10.6. The number of ether oxygens (including phenoxy) is 1. The van der Waals surface area contributed by atoms with Crippen LogP contribution in [0.4, 0.5) is 0 Å². The average molecular weight is 313 g/mol. The Morgan fingerprint density at radius 2 is 1.86 bits per heavy atom. The number of hydrogen-bond acceptors (Lipinski definition) is 5. The SMILES string of the molecule is CC(=O)Oc1cccc2sc(-c3ccc(C(=O)O)cc3)nc12. The van der Waals surface area contributed by atoms with E-state index in [0.717, 1.165) is 15.3 Å². The number of esters is 1. The van der Waals surface area contributed by atoms with E-state index < -0.39 is 11.9 Å². The largest absolute Gasteiger partial charge is 0.478 e. The van der Waals surface area contributed by atoms with Crippen molar-refractivity contribution in [3.63, 3.8) is 0 Å². The molecule has 0 radical (unpaired) electrons. The summed E-state index contributed by atoms with van der Waals surface area (Å²) in [6.45, 7) is 1.34. The van der Waals surface area contributed by atoms with Crippen molar-refractivity contribution in [3.8, 4) is 16.3 Å². The Morgan fingerprint density at radius 1 is 1.14 bits per heavy atom. The van der Waals surface area contributed by atoms with E-state index in [4.69, 9.17) is 9.84 Å². The van der Waals surface area contributed by atoms with Gasteiger partial charge in [0.15, 0.2) is 5.75 Å². The fourth-order valence-electron chi connectivity index (χ4n) is 2.04. The molecule has 0 unspecified atom stereocenters. The molecule has 22 heavy (non-hydrogen) atoms. The zero-order chi connectivity index (χ0) is 15.7. The molecule has 0 spiro atoms. The molecule has 0 fully saturated rings. The van der Waals surface area contributed by atoms with Gasteiger partial charge in [-0.15, -0.1) is 11.3 Å². The second-order valence-corrected chi connectivity index (χ2v) is 5.63. The number of fused-ring (bicyclic) bond motifs is 1. The first kappa shape index (κ1) is 14.2. The molecule has 0 saturated carbocycles. The Bertz CT molecular complexity index is 867. The third kappa shape index (κ3) is 2.68. The van der Waals surface area contributed by atoms with Gasteiger partial charge in [-0.2, -0.15) is 0 Å². The summed E-state index contributed by atoms with van der Waals surface area (Å²) in [4.78, 5) is 26.5. The van der Waals surface area contributed by atoms with E-state index in [1.807, 2.05) is 6.07 Å². The second-order valence-electron chi connectivity index (χ2n) is 4.60. The lowest BCUT2D eigenvalue weighted by atomic mass is 10.1. The molecule has 0 saturated heterocycles. The Balaban J connectivity index is 2.04. The molecule has 3 aromatic rings. The third-order valence-electron chi connectivity index (χ3n) is 3.01. The first-order chi connectivity index (χ1) is 10.5. The van der Waals surface area contributed by atoms with Crippen LogP contribution >= 0.6 is 11.3 Å². The Hall–Kier alpha value is -2.73. The summed E-state index contributed by atoms with van der Waals surface area (Å²) in [5, 5.41) is 9.66. The number of carbonyl (C=O) groups is 2. The third-order valence-corrected chi connectivity index (χ3v) is 4.08. The van der Waals surface area contributed by atoms with Crippen molar-refractivity contribution in [2.75, 3.05) is 0 Å². The van der Waals surface area contributed by atoms with Gasteiger partial charge in [0.25, 0.3) is 0 Å². The Morgan fingerprint density at radius 3 is 2.50 bits per heavy atom. The first-order valence-corrected chi connectivity index (χ1v) is 7.28. The number of hydrogen-bond donors (Lipinski definition) is 1. The van der Waals surface area contributed by atoms with E-state index >= 15 is 0 Å². The van der Waals surface area contributed by atoms with E-state index in [9.17, 15) is 9.59 Å². The molecule has 0 aliphatic rings. The number of carboxylic acids is 1. The van der Waals surface area contributed by atoms with Crippen molar-refractivity contribution in [1.82, 2.24) is 4.98 Å². The highest BCUT2D eigenvalue weighted by molar-refractivity contribution is 7.21. The zero-order valence-electron chi connectivity index (χ0n) is 11.6. The van der Waals surface area contributed by atoms with Crippen LogP contribution in [-0.2, 0) is 4.79 Å². The maximum absolute atomic E-state index is 11.1. The molecule has 0 aliphatic heterocycles. The van der Waals surface area contributed by atoms with Crippen LogP contribution in [0.5, 0.6) is 5.75 Å². The van der Waals surface area contributed by atoms with E-state index in [1.54, 1.807) is 24.3 Å². The van der Waals surface area contributed by atoms with E-state index in [2.05, 4.69) is 4.98 Å². The van der Waals surface area contributed by atoms with Crippen LogP contribution in [0.25, 0.3) is 20.8 Å². The number of benzene rings is 2. The number of carbonyl (C=O) groups excluding carboxylic acids is 1. The number of aromatic nitrogens is 1. The van der Waals surface area contributed by atoms with Crippen LogP contribution in [0, 0.1) is 0 Å². The summed E-state index contributed by atoms with van der Waals surface area (Å²) in [6.07, 6.45) is 0. The van der Waals surface area contributed by atoms with Crippen LogP contribution in [-0.4, -0.2) is 22.0 Å². The number of nitrogens with zero attached hydrogens (tertiary/aromatic N) is 1. The number of para-hydroxylation sites is 1. The molecule has 6 heteroatoms. The summed E-state index contributed by atoms with van der Waals surface area (Å²) in [6, 6.07) is 11.9. The molecule has 110 valence electrons. The number of rotatable bonds is 3. The summed E-state index contributed by atoms with van der Waals surface area (Å²) in [7, 11) is 0. The Kier molecular flexibility index (Phi) is 3.60. The van der Waals surface area contributed by atoms with Gasteiger partial charge in [-0.05, 0) is 24.3 Å². The van der Waals surface area contributed by atoms with Crippen LogP contribution in [0.1, 0.15) is 17.3 Å². The summed E-state index contributed by atoms with van der Waals surface area (Å²) in [5.74, 6) is -0.935. The minimum Gasteiger partial charge on any atom is -0.478 e. The van der Waals surface area contributed by atoms with Crippen LogP contribution < -0.4 is 4.74 Å². The summed E-state index contributed by atoms with van der Waals surface area (Å²) < 4.78 is 6.05. The number of aromatic carboxylic acids is 1. The van der Waals surface area contributed by atoms with Gasteiger partial charge in [0.1, 0.15) is 10.5 Å². The number of carboxylic acid groups (broad SMARTS) is 1. The van der Waals surface area contributed by atoms with Crippen molar-refractivity contribution in [2.24, 2.45) is 0 Å². The number of thiazole rings is 1. The highest BCUT2D eigenvalue weighted by Gasteiger charge is 2.12. The average Bonchev–Trinajstić information content (AvgIpc) is 2.92. The summed E-state index contributed by atoms with van der Waals surface area (Å²) in [5.41, 5.74) is 1.67. The Labute approximate surface area is 129 Å². The van der Waals surface area contributed by atoms with E-state index in [1.165, 1.54) is 30.4 Å². The van der Waals surface area contributed by atoms with Gasteiger partial charge in [0.2, 0.25) is 0 Å². The highest BCUT2D eigenvalue weighted by atomic mass is 32.1. The molecular weight excluding hydrogens is 302 g/mol. The van der Waals surface area contributed by atoms with Crippen molar-refractivity contribution in [3.05, 3.63) is 48.0 Å². The maximum atomic E-state index is 11.1. The summed E-state index contributed by atoms with van der Waals surface area (Å²) >= 11 is 1.46. The molecule has 0 amide bonds. The molecule has 0 bridgehead atoms. The predicted octanol–water partition coefficient (Wildman–Crippen LogP) is 3.59. The lowest BCUT2D eigenvalue weighted by Crippen LogP contribution is -2.01. The molecule has 0 aliphatic carbocycles. The monoisotopic (exact) mass is 313 g/mol. The van der Waals surface area contributed by atoms with Gasteiger partial charge in [-0.1, -0.05) is 18.2 Å². The van der Waals surface area contributed by atoms with Gasteiger partial charge in [0.05, 0.1) is 10.3 Å². The lowest BCUT2D eigenvalue weighted by molar-refractivity contribution is -0.131. The van der Waals surface area contributed by atoms with Crippen molar-refractivity contribution in [2.45, 2.75) is 6.92 Å². The minimum absolute atomic E-state index is 0.227. The van der Waals surface area contributed by atoms with Gasteiger partial charge in [-0.25, -0.2) is 9.78 Å². The molecule has 2 aromatic carbocycles. The molecule has 1 aromatic heterocycles. The second kappa shape index (κ2) is 5.57.